The Labute approximate surface area is 198 Å². The zero-order chi connectivity index (χ0) is 23.0. The Morgan fingerprint density at radius 1 is 0.909 bits per heavy atom. The SMILES string of the molecule is CCCCCC[n+]1c2c(n(C3CCC4(CCCCC4)CC3)c1C)C(=O)c1ccccc1C2=O. The third-order valence-corrected chi connectivity index (χ3v) is 8.85. The molecule has 0 atom stereocenters. The summed E-state index contributed by atoms with van der Waals surface area (Å²) in [5, 5.41) is 0. The molecular weight excluding hydrogens is 408 g/mol. The van der Waals surface area contributed by atoms with Gasteiger partial charge in [0.2, 0.25) is 23.0 Å². The topological polar surface area (TPSA) is 43.0 Å². The average molecular weight is 448 g/mol. The second-order valence-electron chi connectivity index (χ2n) is 10.8. The Bertz CT molecular complexity index is 1050. The quantitative estimate of drug-likeness (QED) is 0.319. The van der Waals surface area contributed by atoms with Crippen molar-refractivity contribution in [3.63, 3.8) is 0 Å². The minimum absolute atomic E-state index is 0.0251. The maximum Gasteiger partial charge on any atom is 0.254 e. The Kier molecular flexibility index (Phi) is 6.28. The molecule has 0 N–H and O–H groups in total. The highest BCUT2D eigenvalue weighted by molar-refractivity contribution is 6.26. The Morgan fingerprint density at radius 3 is 2.24 bits per heavy atom. The fourth-order valence-electron chi connectivity index (χ4n) is 6.97. The molecule has 1 spiro atoms. The van der Waals surface area contributed by atoms with Crippen LogP contribution in [-0.4, -0.2) is 16.1 Å². The molecule has 0 bridgehead atoms. The molecule has 0 saturated heterocycles. The number of benzene rings is 1. The van der Waals surface area contributed by atoms with Gasteiger partial charge in [0.1, 0.15) is 6.04 Å². The molecule has 2 saturated carbocycles. The van der Waals surface area contributed by atoms with Gasteiger partial charge in [-0.1, -0.05) is 63.3 Å². The van der Waals surface area contributed by atoms with E-state index < -0.39 is 0 Å². The van der Waals surface area contributed by atoms with Crippen molar-refractivity contribution in [1.29, 1.82) is 0 Å². The van der Waals surface area contributed by atoms with E-state index in [-0.39, 0.29) is 11.6 Å². The van der Waals surface area contributed by atoms with Crippen LogP contribution in [0.2, 0.25) is 0 Å². The van der Waals surface area contributed by atoms with E-state index in [1.54, 1.807) is 0 Å². The lowest BCUT2D eigenvalue weighted by molar-refractivity contribution is -0.704. The van der Waals surface area contributed by atoms with Crippen molar-refractivity contribution in [1.82, 2.24) is 4.57 Å². The highest BCUT2D eigenvalue weighted by atomic mass is 16.1. The first-order valence-electron chi connectivity index (χ1n) is 13.4. The van der Waals surface area contributed by atoms with E-state index in [0.717, 1.165) is 38.1 Å². The van der Waals surface area contributed by atoms with Crippen LogP contribution >= 0.6 is 0 Å². The van der Waals surface area contributed by atoms with Gasteiger partial charge in [-0.2, -0.15) is 0 Å². The largest absolute Gasteiger partial charge is 0.284 e. The van der Waals surface area contributed by atoms with E-state index >= 15 is 0 Å². The molecule has 0 amide bonds. The number of carbonyl (C=O) groups is 2. The van der Waals surface area contributed by atoms with Gasteiger partial charge in [0.15, 0.2) is 0 Å². The molecule has 33 heavy (non-hydrogen) atoms. The van der Waals surface area contributed by atoms with Crippen molar-refractivity contribution < 1.29 is 14.2 Å². The molecule has 0 aliphatic heterocycles. The average Bonchev–Trinajstić information content (AvgIpc) is 3.14. The van der Waals surface area contributed by atoms with Crippen molar-refractivity contribution in [2.75, 3.05) is 0 Å². The normalized spacial score (nSPS) is 20.2. The maximum absolute atomic E-state index is 13.8. The lowest BCUT2D eigenvalue weighted by atomic mass is 9.64. The molecule has 1 aromatic carbocycles. The summed E-state index contributed by atoms with van der Waals surface area (Å²) in [4.78, 5) is 27.4. The van der Waals surface area contributed by atoms with E-state index in [9.17, 15) is 9.59 Å². The number of ketones is 2. The molecule has 0 radical (unpaired) electrons. The fourth-order valence-corrected chi connectivity index (χ4v) is 6.97. The first-order chi connectivity index (χ1) is 16.1. The van der Waals surface area contributed by atoms with Crippen LogP contribution in [0.4, 0.5) is 0 Å². The Balaban J connectivity index is 1.52. The number of unbranched alkanes of at least 4 members (excludes halogenated alkanes) is 3. The van der Waals surface area contributed by atoms with Crippen molar-refractivity contribution in [3.05, 3.63) is 52.6 Å². The van der Waals surface area contributed by atoms with Crippen LogP contribution in [-0.2, 0) is 6.54 Å². The van der Waals surface area contributed by atoms with E-state index in [2.05, 4.69) is 23.0 Å². The first kappa shape index (κ1) is 22.6. The molecule has 0 unspecified atom stereocenters. The van der Waals surface area contributed by atoms with Crippen LogP contribution in [0.5, 0.6) is 0 Å². The van der Waals surface area contributed by atoms with Crippen LogP contribution in [0.15, 0.2) is 24.3 Å². The zero-order valence-corrected chi connectivity index (χ0v) is 20.5. The Morgan fingerprint density at radius 2 is 1.58 bits per heavy atom. The van der Waals surface area contributed by atoms with Crippen LogP contribution in [0.3, 0.4) is 0 Å². The summed E-state index contributed by atoms with van der Waals surface area (Å²) in [6.45, 7) is 5.17. The minimum atomic E-state index is 0.0251. The molecule has 4 nitrogen and oxygen atoms in total. The second kappa shape index (κ2) is 9.19. The van der Waals surface area contributed by atoms with E-state index in [0.29, 0.717) is 34.0 Å². The number of hydrogen-bond acceptors (Lipinski definition) is 2. The molecule has 4 heteroatoms. The molecule has 2 aromatic rings. The molecule has 5 rings (SSSR count). The third kappa shape index (κ3) is 3.90. The van der Waals surface area contributed by atoms with Gasteiger partial charge < -0.3 is 0 Å². The number of nitrogens with zero attached hydrogens (tertiary/aromatic N) is 2. The summed E-state index contributed by atoms with van der Waals surface area (Å²) in [6, 6.07) is 7.72. The predicted molar refractivity (Wildman–Crippen MR) is 130 cm³/mol. The standard InChI is InChI=1S/C29H39N2O2/c1-3-4-5-11-20-30-21(2)31(22-14-18-29(19-15-22)16-9-6-10-17-29)26-25(30)27(32)23-12-7-8-13-24(23)28(26)33/h7-8,12-13,22H,3-6,9-11,14-20H2,1-2H3/q+1. The number of rotatable bonds is 6. The lowest BCUT2D eigenvalue weighted by Crippen LogP contribution is -2.43. The lowest BCUT2D eigenvalue weighted by Gasteiger charge is -2.42. The van der Waals surface area contributed by atoms with Gasteiger partial charge in [0.05, 0.1) is 6.54 Å². The van der Waals surface area contributed by atoms with E-state index in [4.69, 9.17) is 0 Å². The minimum Gasteiger partial charge on any atom is -0.284 e. The molecule has 1 heterocycles. The van der Waals surface area contributed by atoms with Gasteiger partial charge in [0.25, 0.3) is 5.82 Å². The number of imidazole rings is 1. The monoisotopic (exact) mass is 447 g/mol. The van der Waals surface area contributed by atoms with Crippen LogP contribution in [0.1, 0.15) is 134 Å². The van der Waals surface area contributed by atoms with E-state index in [1.807, 2.05) is 24.3 Å². The highest BCUT2D eigenvalue weighted by Crippen LogP contribution is 2.50. The predicted octanol–water partition coefficient (Wildman–Crippen LogP) is 6.51. The molecule has 2 fully saturated rings. The van der Waals surface area contributed by atoms with E-state index in [1.165, 1.54) is 57.8 Å². The van der Waals surface area contributed by atoms with Crippen LogP contribution in [0, 0.1) is 12.3 Å². The molecule has 3 aliphatic rings. The van der Waals surface area contributed by atoms with Gasteiger partial charge in [0, 0.05) is 18.1 Å². The van der Waals surface area contributed by atoms with Gasteiger partial charge in [-0.3, -0.25) is 9.59 Å². The van der Waals surface area contributed by atoms with Crippen LogP contribution in [0.25, 0.3) is 0 Å². The van der Waals surface area contributed by atoms with Crippen molar-refractivity contribution in [2.45, 2.75) is 110 Å². The fraction of sp³-hybridized carbons (Fsp3) is 0.621. The van der Waals surface area contributed by atoms with Crippen molar-refractivity contribution in [3.8, 4) is 0 Å². The summed E-state index contributed by atoms with van der Waals surface area (Å²) in [5.41, 5.74) is 2.99. The van der Waals surface area contributed by atoms with Crippen LogP contribution < -0.4 is 4.57 Å². The maximum atomic E-state index is 13.8. The smallest absolute Gasteiger partial charge is 0.254 e. The number of carbonyl (C=O) groups excluding carboxylic acids is 2. The number of aromatic nitrogens is 2. The summed E-state index contributed by atoms with van der Waals surface area (Å²) in [7, 11) is 0. The van der Waals surface area contributed by atoms with Crippen molar-refractivity contribution in [2.24, 2.45) is 5.41 Å². The third-order valence-electron chi connectivity index (χ3n) is 8.85. The molecule has 176 valence electrons. The zero-order valence-electron chi connectivity index (χ0n) is 20.5. The second-order valence-corrected chi connectivity index (χ2v) is 10.8. The van der Waals surface area contributed by atoms with Crippen molar-refractivity contribution >= 4 is 11.6 Å². The summed E-state index contributed by atoms with van der Waals surface area (Å²) < 4.78 is 4.48. The van der Waals surface area contributed by atoms with Gasteiger partial charge in [-0.05, 0) is 56.8 Å². The number of hydrogen-bond donors (Lipinski definition) is 0. The molecule has 1 aromatic heterocycles. The first-order valence-corrected chi connectivity index (χ1v) is 13.4. The summed E-state index contributed by atoms with van der Waals surface area (Å²) in [5.74, 6) is 1.15. The molecular formula is C29H39N2O2+. The molecule has 3 aliphatic carbocycles. The number of fused-ring (bicyclic) bond motifs is 2. The van der Waals surface area contributed by atoms with Gasteiger partial charge in [-0.25, -0.2) is 9.13 Å². The Hall–Kier alpha value is -2.23. The summed E-state index contributed by atoms with van der Waals surface area (Å²) in [6.07, 6.45) is 16.3. The summed E-state index contributed by atoms with van der Waals surface area (Å²) >= 11 is 0. The highest BCUT2D eigenvalue weighted by Gasteiger charge is 2.46. The van der Waals surface area contributed by atoms with Gasteiger partial charge in [-0.15, -0.1) is 0 Å². The van der Waals surface area contributed by atoms with Gasteiger partial charge >= 0.3 is 0 Å².